The van der Waals surface area contributed by atoms with Crippen LogP contribution in [-0.2, 0) is 14.4 Å². The maximum Gasteiger partial charge on any atom is 0.303 e. The molecule has 0 fully saturated rings. The normalized spacial score (nSPS) is 9.43. The molecule has 0 bridgehead atoms. The van der Waals surface area contributed by atoms with E-state index in [1.807, 2.05) is 0 Å². The Labute approximate surface area is 81.0 Å². The number of allylic oxidation sites excluding steroid dienone is 1. The van der Waals surface area contributed by atoms with E-state index >= 15 is 0 Å². The van der Waals surface area contributed by atoms with Crippen LogP contribution in [0.4, 0.5) is 0 Å². The second-order valence-corrected chi connectivity index (χ2v) is 2.81. The summed E-state index contributed by atoms with van der Waals surface area (Å²) in [7, 11) is 0. The quantitative estimate of drug-likeness (QED) is 0.594. The van der Waals surface area contributed by atoms with Crippen LogP contribution in [0.5, 0.6) is 0 Å². The molecular formula is C9H12O5. The van der Waals surface area contributed by atoms with E-state index in [2.05, 4.69) is 6.58 Å². The minimum Gasteiger partial charge on any atom is -0.481 e. The first-order chi connectivity index (χ1) is 6.43. The van der Waals surface area contributed by atoms with Gasteiger partial charge in [-0.05, 0) is 12.0 Å². The van der Waals surface area contributed by atoms with Crippen molar-refractivity contribution in [2.45, 2.75) is 25.7 Å². The summed E-state index contributed by atoms with van der Waals surface area (Å²) in [6.07, 6.45) is -0.440. The molecule has 0 amide bonds. The fraction of sp³-hybridized carbons (Fsp3) is 0.444. The van der Waals surface area contributed by atoms with Gasteiger partial charge in [-0.25, -0.2) is 0 Å². The summed E-state index contributed by atoms with van der Waals surface area (Å²) in [6, 6.07) is 0. The largest absolute Gasteiger partial charge is 0.481 e. The minimum atomic E-state index is -1.05. The van der Waals surface area contributed by atoms with Crippen LogP contribution in [0.3, 0.4) is 0 Å². The number of carboxylic acid groups (broad SMARTS) is 2. The van der Waals surface area contributed by atoms with E-state index in [1.165, 1.54) is 0 Å². The smallest absolute Gasteiger partial charge is 0.303 e. The zero-order chi connectivity index (χ0) is 11.1. The lowest BCUT2D eigenvalue weighted by Crippen LogP contribution is -2.07. The monoisotopic (exact) mass is 200 g/mol. The van der Waals surface area contributed by atoms with Crippen LogP contribution in [0.15, 0.2) is 12.2 Å². The zero-order valence-corrected chi connectivity index (χ0v) is 7.65. The Bertz CT molecular complexity index is 238. The Morgan fingerprint density at radius 2 is 1.29 bits per heavy atom. The Morgan fingerprint density at radius 3 is 1.71 bits per heavy atom. The van der Waals surface area contributed by atoms with Crippen LogP contribution < -0.4 is 0 Å². The molecule has 0 unspecified atom stereocenters. The molecule has 0 aromatic carbocycles. The number of hydrogen-bond acceptors (Lipinski definition) is 3. The number of carbonyl (C=O) groups is 3. The number of aliphatic carboxylic acids is 2. The van der Waals surface area contributed by atoms with E-state index in [-0.39, 0.29) is 37.0 Å². The molecule has 5 nitrogen and oxygen atoms in total. The average molecular weight is 200 g/mol. The lowest BCUT2D eigenvalue weighted by molar-refractivity contribution is -0.139. The molecule has 0 spiro atoms. The third kappa shape index (κ3) is 5.93. The van der Waals surface area contributed by atoms with Crippen LogP contribution in [0.1, 0.15) is 25.7 Å². The van der Waals surface area contributed by atoms with Crippen molar-refractivity contribution >= 4 is 17.7 Å². The topological polar surface area (TPSA) is 91.7 Å². The SMILES string of the molecule is C=C(CCC(=O)O)C(=O)CCC(=O)O. The summed E-state index contributed by atoms with van der Waals surface area (Å²) >= 11 is 0. The lowest BCUT2D eigenvalue weighted by Gasteiger charge is -2.00. The molecule has 2 N–H and O–H groups in total. The van der Waals surface area contributed by atoms with Gasteiger partial charge in [-0.3, -0.25) is 14.4 Å². The number of hydrogen-bond donors (Lipinski definition) is 2. The number of ketones is 1. The minimum absolute atomic E-state index is 0.0772. The summed E-state index contributed by atoms with van der Waals surface area (Å²) in [5.74, 6) is -2.43. The predicted molar refractivity (Wildman–Crippen MR) is 47.9 cm³/mol. The fourth-order valence-electron chi connectivity index (χ4n) is 0.794. The zero-order valence-electron chi connectivity index (χ0n) is 7.65. The predicted octanol–water partition coefficient (Wildman–Crippen LogP) is 0.841. The first-order valence-corrected chi connectivity index (χ1v) is 4.08. The van der Waals surface area contributed by atoms with Crippen molar-refractivity contribution in [3.05, 3.63) is 12.2 Å². The highest BCUT2D eigenvalue weighted by molar-refractivity contribution is 5.96. The molecule has 0 aliphatic rings. The van der Waals surface area contributed by atoms with E-state index in [9.17, 15) is 14.4 Å². The summed E-state index contributed by atoms with van der Waals surface area (Å²) in [6.45, 7) is 3.40. The number of Topliss-reactive ketones (excluding diaryl/α,β-unsaturated/α-hetero) is 1. The Balaban J connectivity index is 3.82. The first kappa shape index (κ1) is 12.3. The van der Waals surface area contributed by atoms with Crippen LogP contribution in [0.2, 0.25) is 0 Å². The van der Waals surface area contributed by atoms with Crippen molar-refractivity contribution in [3.8, 4) is 0 Å². The van der Waals surface area contributed by atoms with Gasteiger partial charge in [0.05, 0.1) is 6.42 Å². The van der Waals surface area contributed by atoms with Gasteiger partial charge in [0, 0.05) is 12.8 Å². The van der Waals surface area contributed by atoms with E-state index in [0.29, 0.717) is 0 Å². The first-order valence-electron chi connectivity index (χ1n) is 4.08. The lowest BCUT2D eigenvalue weighted by atomic mass is 10.0. The van der Waals surface area contributed by atoms with Gasteiger partial charge in [0.2, 0.25) is 0 Å². The van der Waals surface area contributed by atoms with Crippen molar-refractivity contribution in [1.29, 1.82) is 0 Å². The van der Waals surface area contributed by atoms with Gasteiger partial charge in [-0.1, -0.05) is 6.58 Å². The summed E-state index contributed by atoms with van der Waals surface area (Å²) in [5.41, 5.74) is 0.175. The molecule has 0 aliphatic carbocycles. The van der Waals surface area contributed by atoms with Crippen molar-refractivity contribution < 1.29 is 24.6 Å². The highest BCUT2D eigenvalue weighted by atomic mass is 16.4. The molecule has 0 atom stereocenters. The Kier molecular flexibility index (Phi) is 5.21. The number of carbonyl (C=O) groups excluding carboxylic acids is 1. The molecule has 0 aliphatic heterocycles. The van der Waals surface area contributed by atoms with Gasteiger partial charge in [-0.2, -0.15) is 0 Å². The maximum atomic E-state index is 11.1. The van der Waals surface area contributed by atoms with Crippen molar-refractivity contribution in [2.24, 2.45) is 0 Å². The number of carboxylic acids is 2. The maximum absolute atomic E-state index is 11.1. The van der Waals surface area contributed by atoms with E-state index < -0.39 is 11.9 Å². The highest BCUT2D eigenvalue weighted by Crippen LogP contribution is 2.07. The average Bonchev–Trinajstić information content (AvgIpc) is 2.09. The van der Waals surface area contributed by atoms with Crippen LogP contribution >= 0.6 is 0 Å². The van der Waals surface area contributed by atoms with Gasteiger partial charge in [0.1, 0.15) is 0 Å². The second kappa shape index (κ2) is 5.90. The molecule has 0 aromatic rings. The highest BCUT2D eigenvalue weighted by Gasteiger charge is 2.10. The molecule has 0 radical (unpaired) electrons. The molecule has 0 heterocycles. The van der Waals surface area contributed by atoms with Gasteiger partial charge < -0.3 is 10.2 Å². The third-order valence-electron chi connectivity index (χ3n) is 1.60. The van der Waals surface area contributed by atoms with Crippen LogP contribution in [-0.4, -0.2) is 27.9 Å². The van der Waals surface area contributed by atoms with Crippen LogP contribution in [0, 0.1) is 0 Å². The summed E-state index contributed by atoms with van der Waals surface area (Å²) in [4.78, 5) is 31.4. The standard InChI is InChI=1S/C9H12O5/c1-6(2-4-8(11)12)7(10)3-5-9(13)14/h1-5H2,(H,11,12)(H,13,14). The molecule has 0 saturated heterocycles. The van der Waals surface area contributed by atoms with E-state index in [0.717, 1.165) is 0 Å². The Hall–Kier alpha value is -1.65. The van der Waals surface area contributed by atoms with Crippen molar-refractivity contribution in [2.75, 3.05) is 0 Å². The molecule has 5 heteroatoms. The van der Waals surface area contributed by atoms with Crippen molar-refractivity contribution in [3.63, 3.8) is 0 Å². The molecule has 0 aromatic heterocycles. The van der Waals surface area contributed by atoms with E-state index in [4.69, 9.17) is 10.2 Å². The number of rotatable bonds is 7. The Morgan fingerprint density at radius 1 is 0.857 bits per heavy atom. The molecule has 0 saturated carbocycles. The van der Waals surface area contributed by atoms with Gasteiger partial charge >= 0.3 is 11.9 Å². The second-order valence-electron chi connectivity index (χ2n) is 2.81. The van der Waals surface area contributed by atoms with Crippen LogP contribution in [0.25, 0.3) is 0 Å². The molecule has 14 heavy (non-hydrogen) atoms. The van der Waals surface area contributed by atoms with Gasteiger partial charge in [0.25, 0.3) is 0 Å². The van der Waals surface area contributed by atoms with E-state index in [1.54, 1.807) is 0 Å². The fourth-order valence-corrected chi connectivity index (χ4v) is 0.794. The summed E-state index contributed by atoms with van der Waals surface area (Å²) in [5, 5.41) is 16.6. The summed E-state index contributed by atoms with van der Waals surface area (Å²) < 4.78 is 0. The molecule has 0 rings (SSSR count). The van der Waals surface area contributed by atoms with Gasteiger partial charge in [0.15, 0.2) is 5.78 Å². The third-order valence-corrected chi connectivity index (χ3v) is 1.60. The van der Waals surface area contributed by atoms with Gasteiger partial charge in [-0.15, -0.1) is 0 Å². The molecular weight excluding hydrogens is 188 g/mol. The van der Waals surface area contributed by atoms with Crippen molar-refractivity contribution in [1.82, 2.24) is 0 Å². The molecule has 78 valence electrons.